The zero-order valence-electron chi connectivity index (χ0n) is 22.4. The second-order valence-corrected chi connectivity index (χ2v) is 11.0. The number of benzene rings is 3. The molecule has 0 aromatic heterocycles. The predicted octanol–water partition coefficient (Wildman–Crippen LogP) is 4.84. The number of alkyl halides is 3. The SMILES string of the molecule is CCc1ccc(S(=O)(=O)Nc2cc(C(=O)O)ccc2N2CCN(Cc3cccc(F)c3)CC2)cc1.O=C(O)C(F)(F)F. The van der Waals surface area contributed by atoms with E-state index < -0.39 is 28.1 Å². The van der Waals surface area contributed by atoms with Crippen LogP contribution in [0.4, 0.5) is 28.9 Å². The molecule has 0 saturated carbocycles. The van der Waals surface area contributed by atoms with Gasteiger partial charge >= 0.3 is 18.1 Å². The number of piperazine rings is 1. The van der Waals surface area contributed by atoms with Crippen molar-refractivity contribution in [1.29, 1.82) is 0 Å². The lowest BCUT2D eigenvalue weighted by Gasteiger charge is -2.37. The first kappa shape index (κ1) is 32.3. The highest BCUT2D eigenvalue weighted by Gasteiger charge is 2.38. The summed E-state index contributed by atoms with van der Waals surface area (Å²) in [5.41, 5.74) is 2.76. The molecule has 0 atom stereocenters. The summed E-state index contributed by atoms with van der Waals surface area (Å²) in [6.45, 7) is 5.23. The first-order valence-electron chi connectivity index (χ1n) is 12.7. The summed E-state index contributed by atoms with van der Waals surface area (Å²) in [6, 6.07) is 17.6. The zero-order chi connectivity index (χ0) is 31.1. The summed E-state index contributed by atoms with van der Waals surface area (Å²) in [4.78, 5) is 24.8. The van der Waals surface area contributed by atoms with E-state index in [0.717, 1.165) is 17.5 Å². The van der Waals surface area contributed by atoms with Crippen LogP contribution < -0.4 is 9.62 Å². The smallest absolute Gasteiger partial charge is 0.478 e. The Bertz CT molecular complexity index is 1510. The molecule has 0 radical (unpaired) electrons. The number of aryl methyl sites for hydroxylation is 1. The number of anilines is 2. The maximum Gasteiger partial charge on any atom is 0.490 e. The van der Waals surface area contributed by atoms with Crippen LogP contribution in [-0.2, 0) is 27.8 Å². The Labute approximate surface area is 240 Å². The minimum absolute atomic E-state index is 0.00230. The molecule has 226 valence electrons. The lowest BCUT2D eigenvalue weighted by Crippen LogP contribution is -2.46. The fourth-order valence-corrected chi connectivity index (χ4v) is 5.24. The van der Waals surface area contributed by atoms with Crippen LogP contribution >= 0.6 is 0 Å². The Kier molecular flexibility index (Phi) is 10.5. The Hall–Kier alpha value is -4.17. The van der Waals surface area contributed by atoms with Crippen LogP contribution in [-0.4, -0.2) is 67.8 Å². The third-order valence-corrected chi connectivity index (χ3v) is 7.76. The van der Waals surface area contributed by atoms with Gasteiger partial charge in [0.1, 0.15) is 5.82 Å². The van der Waals surface area contributed by atoms with Crippen LogP contribution in [0.15, 0.2) is 71.6 Å². The van der Waals surface area contributed by atoms with Gasteiger partial charge in [-0.05, 0) is 60.0 Å². The van der Waals surface area contributed by atoms with Gasteiger partial charge in [-0.3, -0.25) is 9.62 Å². The van der Waals surface area contributed by atoms with E-state index in [-0.39, 0.29) is 22.0 Å². The summed E-state index contributed by atoms with van der Waals surface area (Å²) in [5, 5.41) is 16.6. The van der Waals surface area contributed by atoms with Crippen molar-refractivity contribution in [2.24, 2.45) is 0 Å². The second kappa shape index (κ2) is 13.7. The van der Waals surface area contributed by atoms with Crippen LogP contribution in [0, 0.1) is 5.82 Å². The van der Waals surface area contributed by atoms with Gasteiger partial charge in [0, 0.05) is 32.7 Å². The molecule has 3 aromatic carbocycles. The maximum absolute atomic E-state index is 13.5. The number of carbonyl (C=O) groups is 2. The third kappa shape index (κ3) is 8.91. The van der Waals surface area contributed by atoms with Crippen molar-refractivity contribution in [3.63, 3.8) is 0 Å². The van der Waals surface area contributed by atoms with E-state index in [2.05, 4.69) is 9.62 Å². The van der Waals surface area contributed by atoms with E-state index in [0.29, 0.717) is 38.4 Å². The molecule has 3 aromatic rings. The van der Waals surface area contributed by atoms with E-state index in [1.54, 1.807) is 36.4 Å². The van der Waals surface area contributed by atoms with Crippen LogP contribution in [0.3, 0.4) is 0 Å². The highest BCUT2D eigenvalue weighted by atomic mass is 32.2. The molecule has 14 heteroatoms. The monoisotopic (exact) mass is 611 g/mol. The van der Waals surface area contributed by atoms with E-state index in [1.807, 2.05) is 17.9 Å². The van der Waals surface area contributed by atoms with Gasteiger partial charge in [-0.1, -0.05) is 31.2 Å². The Morgan fingerprint density at radius 1 is 0.905 bits per heavy atom. The average Bonchev–Trinajstić information content (AvgIpc) is 2.93. The second-order valence-electron chi connectivity index (χ2n) is 9.34. The first-order valence-corrected chi connectivity index (χ1v) is 14.2. The van der Waals surface area contributed by atoms with Gasteiger partial charge < -0.3 is 15.1 Å². The maximum atomic E-state index is 13.5. The third-order valence-electron chi connectivity index (χ3n) is 6.38. The average molecular weight is 612 g/mol. The molecular formula is C28H29F4N3O6S. The summed E-state index contributed by atoms with van der Waals surface area (Å²) in [5.74, 6) is -4.15. The molecule has 1 heterocycles. The molecule has 0 unspecified atom stereocenters. The fourth-order valence-electron chi connectivity index (χ4n) is 4.17. The summed E-state index contributed by atoms with van der Waals surface area (Å²) < 4.78 is 74.0. The molecule has 0 aliphatic carbocycles. The molecule has 1 saturated heterocycles. The largest absolute Gasteiger partial charge is 0.490 e. The van der Waals surface area contributed by atoms with Crippen LogP contribution in [0.5, 0.6) is 0 Å². The number of rotatable bonds is 8. The fraction of sp³-hybridized carbons (Fsp3) is 0.286. The predicted molar refractivity (Wildman–Crippen MR) is 148 cm³/mol. The number of hydrogen-bond acceptors (Lipinski definition) is 6. The molecule has 3 N–H and O–H groups in total. The van der Waals surface area contributed by atoms with E-state index >= 15 is 0 Å². The van der Waals surface area contributed by atoms with E-state index in [1.165, 1.54) is 24.3 Å². The van der Waals surface area contributed by atoms with Gasteiger partial charge in [-0.25, -0.2) is 22.4 Å². The molecule has 0 bridgehead atoms. The first-order chi connectivity index (χ1) is 19.7. The molecule has 9 nitrogen and oxygen atoms in total. The van der Waals surface area contributed by atoms with Gasteiger partial charge in [0.05, 0.1) is 21.8 Å². The van der Waals surface area contributed by atoms with Gasteiger partial charge in [0.15, 0.2) is 0 Å². The minimum Gasteiger partial charge on any atom is -0.478 e. The number of nitrogens with zero attached hydrogens (tertiary/aromatic N) is 2. The Morgan fingerprint density at radius 2 is 1.52 bits per heavy atom. The number of nitrogens with one attached hydrogen (secondary N) is 1. The number of hydrogen-bond donors (Lipinski definition) is 3. The summed E-state index contributed by atoms with van der Waals surface area (Å²) in [7, 11) is -3.91. The van der Waals surface area contributed by atoms with Gasteiger partial charge in [-0.2, -0.15) is 13.2 Å². The molecule has 42 heavy (non-hydrogen) atoms. The van der Waals surface area contributed by atoms with Crippen molar-refractivity contribution >= 4 is 33.3 Å². The van der Waals surface area contributed by atoms with Crippen LogP contribution in [0.2, 0.25) is 0 Å². The standard InChI is InChI=1S/C26H28FN3O4S.C2HF3O2/c1-2-19-6-9-23(10-7-19)35(33,34)28-24-17-21(26(31)32)8-11-25(24)30-14-12-29(13-15-30)18-20-4-3-5-22(27)16-20;3-2(4,5)1(6)7/h3-11,16-17,28H,2,12-15,18H2,1H3,(H,31,32);(H,6,7). The van der Waals surface area contributed by atoms with Crippen LogP contribution in [0.25, 0.3) is 0 Å². The topological polar surface area (TPSA) is 127 Å². The van der Waals surface area contributed by atoms with Gasteiger partial charge in [0.2, 0.25) is 0 Å². The van der Waals surface area contributed by atoms with Crippen molar-refractivity contribution in [3.05, 3.63) is 89.2 Å². The van der Waals surface area contributed by atoms with Crippen molar-refractivity contribution < 1.29 is 45.8 Å². The number of halogens is 4. The zero-order valence-corrected chi connectivity index (χ0v) is 23.3. The molecule has 0 amide bonds. The summed E-state index contributed by atoms with van der Waals surface area (Å²) >= 11 is 0. The normalized spacial score (nSPS) is 14.1. The minimum atomic E-state index is -5.08. The van der Waals surface area contributed by atoms with E-state index in [4.69, 9.17) is 9.90 Å². The number of aliphatic carboxylic acids is 1. The molecule has 0 spiro atoms. The molecule has 4 rings (SSSR count). The van der Waals surface area contributed by atoms with Crippen molar-refractivity contribution in [1.82, 2.24) is 4.90 Å². The number of aromatic carboxylic acids is 1. The lowest BCUT2D eigenvalue weighted by atomic mass is 10.1. The van der Waals surface area contributed by atoms with Gasteiger partial charge in [0.25, 0.3) is 10.0 Å². The molecule has 1 aliphatic heterocycles. The van der Waals surface area contributed by atoms with E-state index in [9.17, 15) is 35.9 Å². The number of sulfonamides is 1. The Morgan fingerprint density at radius 3 is 2.05 bits per heavy atom. The lowest BCUT2D eigenvalue weighted by molar-refractivity contribution is -0.192. The van der Waals surface area contributed by atoms with Crippen molar-refractivity contribution in [2.45, 2.75) is 31.0 Å². The highest BCUT2D eigenvalue weighted by molar-refractivity contribution is 7.92. The number of carboxylic acid groups (broad SMARTS) is 2. The Balaban J connectivity index is 0.000000616. The quantitative estimate of drug-likeness (QED) is 0.309. The molecule has 1 aliphatic rings. The van der Waals surface area contributed by atoms with Crippen LogP contribution in [0.1, 0.15) is 28.4 Å². The molecule has 1 fully saturated rings. The van der Waals surface area contributed by atoms with Crippen molar-refractivity contribution in [2.75, 3.05) is 35.8 Å². The van der Waals surface area contributed by atoms with Crippen molar-refractivity contribution in [3.8, 4) is 0 Å². The summed E-state index contributed by atoms with van der Waals surface area (Å²) in [6.07, 6.45) is -4.29. The molecular weight excluding hydrogens is 582 g/mol. The van der Waals surface area contributed by atoms with Gasteiger partial charge in [-0.15, -0.1) is 0 Å². The number of carboxylic acids is 2. The highest BCUT2D eigenvalue weighted by Crippen LogP contribution is 2.31.